The monoisotopic (exact) mass is 280 g/mol. The van der Waals surface area contributed by atoms with E-state index >= 15 is 0 Å². The van der Waals surface area contributed by atoms with Crippen molar-refractivity contribution in [3.63, 3.8) is 0 Å². The topological polar surface area (TPSA) is 26.3 Å². The molecule has 0 fully saturated rings. The molecule has 1 aliphatic rings. The Balaban J connectivity index is 1.80. The smallest absolute Gasteiger partial charge is 0.163 e. The van der Waals surface area contributed by atoms with E-state index in [9.17, 15) is 4.79 Å². The van der Waals surface area contributed by atoms with Gasteiger partial charge in [-0.2, -0.15) is 0 Å². The maximum atomic E-state index is 12.0. The van der Waals surface area contributed by atoms with E-state index in [4.69, 9.17) is 4.74 Å². The Morgan fingerprint density at radius 2 is 1.81 bits per heavy atom. The van der Waals surface area contributed by atoms with Gasteiger partial charge < -0.3 is 4.74 Å². The molecule has 21 heavy (non-hydrogen) atoms. The first-order chi connectivity index (χ1) is 10.1. The number of rotatable bonds is 3. The van der Waals surface area contributed by atoms with Gasteiger partial charge in [0.2, 0.25) is 0 Å². The molecule has 108 valence electrons. The number of hydrogen-bond acceptors (Lipinski definition) is 2. The van der Waals surface area contributed by atoms with Gasteiger partial charge in [0, 0.05) is 12.0 Å². The summed E-state index contributed by atoms with van der Waals surface area (Å²) in [6.45, 7) is 4.75. The third-order valence-electron chi connectivity index (χ3n) is 4.26. The molecule has 0 aromatic heterocycles. The van der Waals surface area contributed by atoms with Gasteiger partial charge in [0.05, 0.1) is 0 Å². The van der Waals surface area contributed by atoms with Gasteiger partial charge in [-0.25, -0.2) is 0 Å². The Bertz CT molecular complexity index is 666. The number of carbonyl (C=O) groups is 1. The van der Waals surface area contributed by atoms with Crippen molar-refractivity contribution in [3.8, 4) is 5.75 Å². The highest BCUT2D eigenvalue weighted by Crippen LogP contribution is 2.26. The van der Waals surface area contributed by atoms with Gasteiger partial charge in [-0.05, 0) is 61.1 Å². The number of aryl methyl sites for hydroxylation is 3. The Kier molecular flexibility index (Phi) is 3.78. The van der Waals surface area contributed by atoms with Crippen molar-refractivity contribution < 1.29 is 9.53 Å². The van der Waals surface area contributed by atoms with Gasteiger partial charge in [0.15, 0.2) is 5.78 Å². The largest absolute Gasteiger partial charge is 0.489 e. The number of benzene rings is 2. The fourth-order valence-electron chi connectivity index (χ4n) is 2.93. The van der Waals surface area contributed by atoms with Crippen LogP contribution in [0.4, 0.5) is 0 Å². The summed E-state index contributed by atoms with van der Waals surface area (Å²) >= 11 is 0. The third-order valence-corrected chi connectivity index (χ3v) is 4.26. The Hall–Kier alpha value is -2.09. The Morgan fingerprint density at radius 3 is 2.57 bits per heavy atom. The van der Waals surface area contributed by atoms with Gasteiger partial charge >= 0.3 is 0 Å². The van der Waals surface area contributed by atoms with Crippen molar-refractivity contribution in [1.82, 2.24) is 0 Å². The number of ketones is 1. The van der Waals surface area contributed by atoms with Crippen LogP contribution >= 0.6 is 0 Å². The molecule has 0 amide bonds. The van der Waals surface area contributed by atoms with E-state index in [2.05, 4.69) is 32.0 Å². The van der Waals surface area contributed by atoms with Crippen LogP contribution in [-0.2, 0) is 13.0 Å². The lowest BCUT2D eigenvalue weighted by atomic mass is 9.90. The molecule has 3 rings (SSSR count). The maximum absolute atomic E-state index is 12.0. The molecule has 2 aromatic carbocycles. The average molecular weight is 280 g/mol. The first kappa shape index (κ1) is 13.9. The molecule has 0 unspecified atom stereocenters. The van der Waals surface area contributed by atoms with Gasteiger partial charge in [0.25, 0.3) is 0 Å². The zero-order valence-corrected chi connectivity index (χ0v) is 12.6. The molecule has 0 radical (unpaired) electrons. The van der Waals surface area contributed by atoms with Crippen molar-refractivity contribution >= 4 is 5.78 Å². The van der Waals surface area contributed by atoms with Crippen molar-refractivity contribution in [2.75, 3.05) is 0 Å². The van der Waals surface area contributed by atoms with Crippen LogP contribution in [0.3, 0.4) is 0 Å². The molecule has 0 aliphatic heterocycles. The molecule has 2 heteroatoms. The lowest BCUT2D eigenvalue weighted by molar-refractivity contribution is 0.0972. The summed E-state index contributed by atoms with van der Waals surface area (Å²) < 4.78 is 5.92. The average Bonchev–Trinajstić information content (AvgIpc) is 2.47. The number of hydrogen-bond donors (Lipinski definition) is 0. The summed E-state index contributed by atoms with van der Waals surface area (Å²) in [4.78, 5) is 12.0. The summed E-state index contributed by atoms with van der Waals surface area (Å²) in [7, 11) is 0. The van der Waals surface area contributed by atoms with Gasteiger partial charge in [0.1, 0.15) is 12.4 Å². The fraction of sp³-hybridized carbons (Fsp3) is 0.316. The fourth-order valence-corrected chi connectivity index (χ4v) is 2.93. The number of ether oxygens (including phenoxy) is 1. The Morgan fingerprint density at radius 1 is 1.05 bits per heavy atom. The van der Waals surface area contributed by atoms with E-state index in [0.717, 1.165) is 29.7 Å². The van der Waals surface area contributed by atoms with Crippen LogP contribution in [0.2, 0.25) is 0 Å². The second kappa shape index (κ2) is 5.72. The van der Waals surface area contributed by atoms with E-state index in [1.165, 1.54) is 16.7 Å². The van der Waals surface area contributed by atoms with E-state index in [0.29, 0.717) is 13.0 Å². The van der Waals surface area contributed by atoms with Crippen LogP contribution in [0.15, 0.2) is 36.4 Å². The van der Waals surface area contributed by atoms with Gasteiger partial charge in [-0.3, -0.25) is 4.79 Å². The number of fused-ring (bicyclic) bond motifs is 1. The maximum Gasteiger partial charge on any atom is 0.163 e. The molecule has 2 aromatic rings. The summed E-state index contributed by atoms with van der Waals surface area (Å²) in [6, 6.07) is 12.2. The van der Waals surface area contributed by atoms with E-state index in [-0.39, 0.29) is 5.78 Å². The molecule has 0 N–H and O–H groups in total. The van der Waals surface area contributed by atoms with Crippen molar-refractivity contribution in [3.05, 3.63) is 64.2 Å². The zero-order valence-electron chi connectivity index (χ0n) is 12.6. The van der Waals surface area contributed by atoms with Crippen LogP contribution in [-0.4, -0.2) is 5.78 Å². The minimum Gasteiger partial charge on any atom is -0.489 e. The standard InChI is InChI=1S/C19H20O2/c1-13-5-3-6-14(2)18(13)12-21-16-10-9-15-7-4-8-19(20)17(15)11-16/h3,5-6,9-11H,4,7-8,12H2,1-2H3. The Labute approximate surface area is 125 Å². The second-order valence-corrected chi connectivity index (χ2v) is 5.75. The number of Topliss-reactive ketones (excluding diaryl/α,β-unsaturated/α-hetero) is 1. The van der Waals surface area contributed by atoms with Crippen LogP contribution in [0.5, 0.6) is 5.75 Å². The molecular weight excluding hydrogens is 260 g/mol. The molecule has 0 heterocycles. The molecule has 2 nitrogen and oxygen atoms in total. The van der Waals surface area contributed by atoms with E-state index in [1.807, 2.05) is 18.2 Å². The number of carbonyl (C=O) groups excluding carboxylic acids is 1. The SMILES string of the molecule is Cc1cccc(C)c1COc1ccc2c(c1)C(=O)CCC2. The minimum atomic E-state index is 0.244. The first-order valence-electron chi connectivity index (χ1n) is 7.49. The highest BCUT2D eigenvalue weighted by atomic mass is 16.5. The van der Waals surface area contributed by atoms with Crippen molar-refractivity contribution in [2.24, 2.45) is 0 Å². The van der Waals surface area contributed by atoms with Gasteiger partial charge in [-0.15, -0.1) is 0 Å². The van der Waals surface area contributed by atoms with Crippen LogP contribution in [0.1, 0.15) is 45.5 Å². The summed E-state index contributed by atoms with van der Waals surface area (Å²) in [6.07, 6.45) is 2.63. The summed E-state index contributed by atoms with van der Waals surface area (Å²) in [5.74, 6) is 1.03. The first-order valence-corrected chi connectivity index (χ1v) is 7.49. The lowest BCUT2D eigenvalue weighted by Crippen LogP contribution is -2.11. The van der Waals surface area contributed by atoms with E-state index in [1.54, 1.807) is 0 Å². The molecule has 1 aliphatic carbocycles. The second-order valence-electron chi connectivity index (χ2n) is 5.75. The molecule has 0 saturated carbocycles. The molecule has 0 spiro atoms. The lowest BCUT2D eigenvalue weighted by Gasteiger charge is -2.16. The summed E-state index contributed by atoms with van der Waals surface area (Å²) in [5, 5.41) is 0. The highest BCUT2D eigenvalue weighted by Gasteiger charge is 2.17. The van der Waals surface area contributed by atoms with Crippen LogP contribution < -0.4 is 4.74 Å². The predicted molar refractivity (Wildman–Crippen MR) is 84.0 cm³/mol. The van der Waals surface area contributed by atoms with E-state index < -0.39 is 0 Å². The predicted octanol–water partition coefficient (Wildman–Crippen LogP) is 4.40. The van der Waals surface area contributed by atoms with Crippen LogP contribution in [0.25, 0.3) is 0 Å². The normalized spacial score (nSPS) is 13.9. The molecule has 0 bridgehead atoms. The molecule has 0 saturated heterocycles. The summed E-state index contributed by atoms with van der Waals surface area (Å²) in [5.41, 5.74) is 5.71. The van der Waals surface area contributed by atoms with Crippen molar-refractivity contribution in [1.29, 1.82) is 0 Å². The van der Waals surface area contributed by atoms with Crippen LogP contribution in [0, 0.1) is 13.8 Å². The quantitative estimate of drug-likeness (QED) is 0.833. The van der Waals surface area contributed by atoms with Gasteiger partial charge in [-0.1, -0.05) is 24.3 Å². The zero-order chi connectivity index (χ0) is 14.8. The molecular formula is C19H20O2. The third kappa shape index (κ3) is 2.85. The highest BCUT2D eigenvalue weighted by molar-refractivity contribution is 5.98. The minimum absolute atomic E-state index is 0.244. The molecule has 0 atom stereocenters. The van der Waals surface area contributed by atoms with Crippen molar-refractivity contribution in [2.45, 2.75) is 39.7 Å².